The zero-order valence-corrected chi connectivity index (χ0v) is 13.6. The van der Waals surface area contributed by atoms with Gasteiger partial charge >= 0.3 is 5.97 Å². The van der Waals surface area contributed by atoms with Crippen molar-refractivity contribution in [2.24, 2.45) is 5.11 Å². The Morgan fingerprint density at radius 2 is 1.84 bits per heavy atom. The molecule has 0 saturated carbocycles. The van der Waals surface area contributed by atoms with Crippen LogP contribution in [0.1, 0.15) is 13.3 Å². The van der Waals surface area contributed by atoms with Crippen molar-refractivity contribution in [3.8, 4) is 0 Å². The highest BCUT2D eigenvalue weighted by Crippen LogP contribution is 2.29. The van der Waals surface area contributed by atoms with Crippen LogP contribution in [0, 0.1) is 11.6 Å². The maximum Gasteiger partial charge on any atom is 0.315 e. The number of benzene rings is 1. The molecule has 10 heteroatoms. The number of nitrogens with zero attached hydrogens (tertiary/aromatic N) is 5. The molecule has 1 aliphatic heterocycles. The van der Waals surface area contributed by atoms with Crippen LogP contribution in [0.25, 0.3) is 10.4 Å². The predicted molar refractivity (Wildman–Crippen MR) is 85.2 cm³/mol. The standard InChI is InChI=1S/C15H17F2N5O3/c1-2-25-14(24)9-13(23)21-3-5-22(6-4-21)15-11(16)7-10(19-20-18)8-12(15)17/h7-8H,2-6,9H2,1H3. The van der Waals surface area contributed by atoms with Crippen molar-refractivity contribution in [2.45, 2.75) is 13.3 Å². The fraction of sp³-hybridized carbons (Fsp3) is 0.467. The summed E-state index contributed by atoms with van der Waals surface area (Å²) in [6.45, 7) is 2.73. The van der Waals surface area contributed by atoms with E-state index in [1.165, 1.54) is 9.80 Å². The molecule has 0 aliphatic carbocycles. The highest BCUT2D eigenvalue weighted by atomic mass is 19.1. The minimum absolute atomic E-state index is 0.149. The van der Waals surface area contributed by atoms with Crippen LogP contribution >= 0.6 is 0 Å². The molecule has 1 aliphatic rings. The average molecular weight is 353 g/mol. The lowest BCUT2D eigenvalue weighted by molar-refractivity contribution is -0.148. The van der Waals surface area contributed by atoms with Crippen molar-refractivity contribution in [2.75, 3.05) is 37.7 Å². The molecule has 0 atom stereocenters. The monoisotopic (exact) mass is 353 g/mol. The number of hydrogen-bond acceptors (Lipinski definition) is 5. The van der Waals surface area contributed by atoms with Gasteiger partial charge in [0.05, 0.1) is 6.61 Å². The van der Waals surface area contributed by atoms with Gasteiger partial charge < -0.3 is 14.5 Å². The van der Waals surface area contributed by atoms with Gasteiger partial charge in [-0.05, 0) is 24.6 Å². The summed E-state index contributed by atoms with van der Waals surface area (Å²) < 4.78 is 33.0. The second kappa shape index (κ2) is 8.29. The van der Waals surface area contributed by atoms with Crippen LogP contribution in [-0.4, -0.2) is 49.6 Å². The highest BCUT2D eigenvalue weighted by molar-refractivity contribution is 5.94. The number of esters is 1. The van der Waals surface area contributed by atoms with E-state index in [4.69, 9.17) is 10.3 Å². The number of azide groups is 1. The first-order valence-electron chi connectivity index (χ1n) is 7.68. The van der Waals surface area contributed by atoms with Crippen molar-refractivity contribution in [1.82, 2.24) is 4.90 Å². The van der Waals surface area contributed by atoms with Crippen molar-refractivity contribution in [3.05, 3.63) is 34.2 Å². The molecule has 1 amide bonds. The van der Waals surface area contributed by atoms with Crippen LogP contribution in [0.15, 0.2) is 17.2 Å². The third kappa shape index (κ3) is 4.57. The summed E-state index contributed by atoms with van der Waals surface area (Å²) in [6, 6.07) is 1.91. The van der Waals surface area contributed by atoms with E-state index < -0.39 is 17.6 Å². The minimum Gasteiger partial charge on any atom is -0.466 e. The minimum atomic E-state index is -0.839. The quantitative estimate of drug-likeness (QED) is 0.267. The SMILES string of the molecule is CCOC(=O)CC(=O)N1CCN(c2c(F)cc(N=[N+]=[N-])cc2F)CC1. The molecular formula is C15H17F2N5O3. The third-order valence-electron chi connectivity index (χ3n) is 3.71. The van der Waals surface area contributed by atoms with Gasteiger partial charge in [0.25, 0.3) is 0 Å². The number of carbonyl (C=O) groups excluding carboxylic acids is 2. The van der Waals surface area contributed by atoms with Crippen molar-refractivity contribution >= 4 is 23.3 Å². The zero-order valence-electron chi connectivity index (χ0n) is 13.6. The van der Waals surface area contributed by atoms with Gasteiger partial charge in [-0.25, -0.2) is 8.78 Å². The van der Waals surface area contributed by atoms with E-state index in [2.05, 4.69) is 10.0 Å². The van der Waals surface area contributed by atoms with Gasteiger partial charge in [-0.3, -0.25) is 9.59 Å². The van der Waals surface area contributed by atoms with Crippen molar-refractivity contribution < 1.29 is 23.1 Å². The first-order chi connectivity index (χ1) is 12.0. The molecule has 0 radical (unpaired) electrons. The van der Waals surface area contributed by atoms with E-state index in [1.807, 2.05) is 0 Å². The lowest BCUT2D eigenvalue weighted by Gasteiger charge is -2.36. The van der Waals surface area contributed by atoms with Crippen molar-refractivity contribution in [3.63, 3.8) is 0 Å². The number of piperazine rings is 1. The summed E-state index contributed by atoms with van der Waals surface area (Å²) in [6.07, 6.45) is -0.350. The number of carbonyl (C=O) groups is 2. The maximum atomic E-state index is 14.1. The highest BCUT2D eigenvalue weighted by Gasteiger charge is 2.26. The molecule has 25 heavy (non-hydrogen) atoms. The van der Waals surface area contributed by atoms with E-state index in [0.29, 0.717) is 0 Å². The van der Waals surface area contributed by atoms with Gasteiger partial charge in [0, 0.05) is 36.8 Å². The summed E-state index contributed by atoms with van der Waals surface area (Å²) in [4.78, 5) is 28.8. The Bertz CT molecular complexity index is 690. The van der Waals surface area contributed by atoms with E-state index in [0.717, 1.165) is 12.1 Å². The lowest BCUT2D eigenvalue weighted by Crippen LogP contribution is -2.49. The Balaban J connectivity index is 2.01. The molecule has 0 N–H and O–H groups in total. The summed E-state index contributed by atoms with van der Waals surface area (Å²) >= 11 is 0. The maximum absolute atomic E-state index is 14.1. The molecule has 0 spiro atoms. The molecule has 1 heterocycles. The Morgan fingerprint density at radius 3 is 2.36 bits per heavy atom. The molecular weight excluding hydrogens is 336 g/mol. The van der Waals surface area contributed by atoms with E-state index >= 15 is 0 Å². The topological polar surface area (TPSA) is 98.6 Å². The first kappa shape index (κ1) is 18.5. The number of anilines is 1. The molecule has 134 valence electrons. The number of hydrogen-bond donors (Lipinski definition) is 0. The predicted octanol–water partition coefficient (Wildman–Crippen LogP) is 2.51. The van der Waals surface area contributed by atoms with Gasteiger partial charge in [-0.2, -0.15) is 0 Å². The van der Waals surface area contributed by atoms with Gasteiger partial charge in [-0.15, -0.1) is 0 Å². The second-order valence-corrected chi connectivity index (χ2v) is 5.30. The third-order valence-corrected chi connectivity index (χ3v) is 3.71. The Hall–Kier alpha value is -2.87. The van der Waals surface area contributed by atoms with E-state index in [9.17, 15) is 18.4 Å². The van der Waals surface area contributed by atoms with Crippen LogP contribution in [0.4, 0.5) is 20.2 Å². The molecule has 1 fully saturated rings. The first-order valence-corrected chi connectivity index (χ1v) is 7.68. The normalized spacial score (nSPS) is 14.0. The number of halogens is 2. The van der Waals surface area contributed by atoms with E-state index in [1.54, 1.807) is 6.92 Å². The fourth-order valence-corrected chi connectivity index (χ4v) is 2.59. The van der Waals surface area contributed by atoms with Gasteiger partial charge in [-0.1, -0.05) is 5.11 Å². The fourth-order valence-electron chi connectivity index (χ4n) is 2.59. The molecule has 0 aromatic heterocycles. The summed E-state index contributed by atoms with van der Waals surface area (Å²) in [5.74, 6) is -2.65. The number of rotatable bonds is 5. The summed E-state index contributed by atoms with van der Waals surface area (Å²) in [7, 11) is 0. The van der Waals surface area contributed by atoms with Crippen LogP contribution in [0.5, 0.6) is 0 Å². The van der Waals surface area contributed by atoms with Crippen LogP contribution in [0.2, 0.25) is 0 Å². The molecule has 1 aromatic carbocycles. The summed E-state index contributed by atoms with van der Waals surface area (Å²) in [5.41, 5.74) is 7.95. The van der Waals surface area contributed by atoms with Crippen LogP contribution in [-0.2, 0) is 14.3 Å². The molecule has 1 aromatic rings. The second-order valence-electron chi connectivity index (χ2n) is 5.30. The molecule has 0 unspecified atom stereocenters. The van der Waals surface area contributed by atoms with Crippen LogP contribution < -0.4 is 4.90 Å². The number of ether oxygens (including phenoxy) is 1. The zero-order chi connectivity index (χ0) is 18.4. The Morgan fingerprint density at radius 1 is 1.24 bits per heavy atom. The largest absolute Gasteiger partial charge is 0.466 e. The van der Waals surface area contributed by atoms with E-state index in [-0.39, 0.29) is 56.5 Å². The molecule has 1 saturated heterocycles. The van der Waals surface area contributed by atoms with Gasteiger partial charge in [0.1, 0.15) is 23.7 Å². The van der Waals surface area contributed by atoms with Gasteiger partial charge in [0.2, 0.25) is 5.91 Å². The Kier molecular flexibility index (Phi) is 6.13. The molecule has 0 bridgehead atoms. The van der Waals surface area contributed by atoms with Crippen LogP contribution in [0.3, 0.4) is 0 Å². The average Bonchev–Trinajstić information content (AvgIpc) is 2.55. The smallest absolute Gasteiger partial charge is 0.315 e. The molecule has 8 nitrogen and oxygen atoms in total. The van der Waals surface area contributed by atoms with Gasteiger partial charge in [0.15, 0.2) is 0 Å². The van der Waals surface area contributed by atoms with Crippen molar-refractivity contribution in [1.29, 1.82) is 0 Å². The lowest BCUT2D eigenvalue weighted by atomic mass is 10.2. The Labute approximate surface area is 142 Å². The number of amides is 1. The molecule has 2 rings (SSSR count). The summed E-state index contributed by atoms with van der Waals surface area (Å²) in [5, 5.41) is 3.18.